The van der Waals surface area contributed by atoms with Crippen LogP contribution in [0.5, 0.6) is 0 Å². The Morgan fingerprint density at radius 1 is 1.04 bits per heavy atom. The quantitative estimate of drug-likeness (QED) is 0.523. The molecule has 2 aliphatic heterocycles. The first-order chi connectivity index (χ1) is 11.2. The minimum atomic E-state index is -0.642. The minimum Gasteiger partial charge on any atom is -0.330 e. The summed E-state index contributed by atoms with van der Waals surface area (Å²) in [6.07, 6.45) is 4.04. The molecule has 7 heteroatoms. The highest BCUT2D eigenvalue weighted by Crippen LogP contribution is 2.21. The molecule has 23 heavy (non-hydrogen) atoms. The number of nitrogens with one attached hydrogen (secondary N) is 1. The number of aromatic amines is 1. The molecule has 0 saturated carbocycles. The van der Waals surface area contributed by atoms with Crippen molar-refractivity contribution in [2.24, 2.45) is 5.73 Å². The molecule has 120 valence electrons. The van der Waals surface area contributed by atoms with E-state index in [-0.39, 0.29) is 5.69 Å². The van der Waals surface area contributed by atoms with Crippen molar-refractivity contribution in [1.29, 1.82) is 0 Å². The summed E-state index contributed by atoms with van der Waals surface area (Å²) in [5.74, 6) is 0.344. The molecule has 3 rings (SSSR count). The fourth-order valence-electron chi connectivity index (χ4n) is 2.74. The summed E-state index contributed by atoms with van der Waals surface area (Å²) < 4.78 is 1.91. The van der Waals surface area contributed by atoms with Crippen LogP contribution >= 0.6 is 0 Å². The standard InChI is InChI=1S/C16H19N5O2/c17-9-5-1-2-6-10-21-12-8-4-3-7-11(12)18-13-14(21)19-16(23)20-15(13)22/h3-4,7-8H,1-2,5-6,9-10,17H2,(H,20,22,23). The lowest BCUT2D eigenvalue weighted by Crippen LogP contribution is -2.28. The Balaban J connectivity index is 2.07. The van der Waals surface area contributed by atoms with Crippen molar-refractivity contribution in [2.45, 2.75) is 32.2 Å². The molecule has 0 unspecified atom stereocenters. The van der Waals surface area contributed by atoms with Gasteiger partial charge in [-0.2, -0.15) is 4.98 Å². The molecule has 0 aliphatic carbocycles. The number of hydrogen-bond acceptors (Lipinski definition) is 5. The van der Waals surface area contributed by atoms with E-state index < -0.39 is 11.2 Å². The maximum absolute atomic E-state index is 12.0. The Bertz CT molecular complexity index is 899. The maximum Gasteiger partial charge on any atom is 0.349 e. The number of benzene rings is 1. The van der Waals surface area contributed by atoms with Crippen molar-refractivity contribution in [3.05, 3.63) is 45.1 Å². The van der Waals surface area contributed by atoms with E-state index in [2.05, 4.69) is 15.0 Å². The first kappa shape index (κ1) is 15.4. The molecule has 0 radical (unpaired) electrons. The molecule has 0 bridgehead atoms. The van der Waals surface area contributed by atoms with Crippen LogP contribution in [-0.2, 0) is 6.54 Å². The van der Waals surface area contributed by atoms with Gasteiger partial charge in [0, 0.05) is 6.54 Å². The average Bonchev–Trinajstić information content (AvgIpc) is 2.54. The van der Waals surface area contributed by atoms with Crippen molar-refractivity contribution in [3.8, 4) is 11.5 Å². The first-order valence-corrected chi connectivity index (χ1v) is 7.80. The largest absolute Gasteiger partial charge is 0.349 e. The van der Waals surface area contributed by atoms with Crippen LogP contribution in [0, 0.1) is 0 Å². The van der Waals surface area contributed by atoms with Gasteiger partial charge in [-0.15, -0.1) is 0 Å². The Morgan fingerprint density at radius 2 is 1.83 bits per heavy atom. The van der Waals surface area contributed by atoms with E-state index in [4.69, 9.17) is 5.73 Å². The van der Waals surface area contributed by atoms with Gasteiger partial charge in [0.15, 0.2) is 11.5 Å². The van der Waals surface area contributed by atoms with Gasteiger partial charge in [-0.25, -0.2) is 9.78 Å². The number of aryl methyl sites for hydroxylation is 1. The molecule has 0 aromatic heterocycles. The van der Waals surface area contributed by atoms with Crippen LogP contribution in [0.15, 0.2) is 33.9 Å². The van der Waals surface area contributed by atoms with Gasteiger partial charge in [0.25, 0.3) is 5.56 Å². The molecule has 2 heterocycles. The fraction of sp³-hybridized carbons (Fsp3) is 0.375. The Hall–Kier alpha value is -2.54. The zero-order chi connectivity index (χ0) is 16.2. The smallest absolute Gasteiger partial charge is 0.330 e. The predicted octanol–water partition coefficient (Wildman–Crippen LogP) is 1.10. The Morgan fingerprint density at radius 3 is 2.65 bits per heavy atom. The van der Waals surface area contributed by atoms with Gasteiger partial charge in [0.05, 0.1) is 11.0 Å². The molecule has 0 amide bonds. The number of unbranched alkanes of at least 4 members (excludes halogenated alkanes) is 3. The van der Waals surface area contributed by atoms with Crippen LogP contribution in [0.3, 0.4) is 0 Å². The Kier molecular flexibility index (Phi) is 4.47. The zero-order valence-electron chi connectivity index (χ0n) is 12.8. The average molecular weight is 313 g/mol. The summed E-state index contributed by atoms with van der Waals surface area (Å²) >= 11 is 0. The van der Waals surface area contributed by atoms with Crippen LogP contribution in [0.2, 0.25) is 0 Å². The predicted molar refractivity (Wildman–Crippen MR) is 88.6 cm³/mol. The summed E-state index contributed by atoms with van der Waals surface area (Å²) in [4.78, 5) is 34.1. The van der Waals surface area contributed by atoms with Gasteiger partial charge < -0.3 is 10.3 Å². The van der Waals surface area contributed by atoms with Gasteiger partial charge >= 0.3 is 5.69 Å². The van der Waals surface area contributed by atoms with E-state index >= 15 is 0 Å². The molecule has 3 N–H and O–H groups in total. The van der Waals surface area contributed by atoms with E-state index in [1.807, 2.05) is 28.8 Å². The topological polar surface area (TPSA) is 107 Å². The van der Waals surface area contributed by atoms with E-state index in [9.17, 15) is 9.59 Å². The SMILES string of the molecule is NCCCCCCn1c2nc(=O)[nH]c(=O)c-2nc2ccccc21. The summed E-state index contributed by atoms with van der Waals surface area (Å²) in [5.41, 5.74) is 6.15. The number of hydrogen-bond donors (Lipinski definition) is 2. The summed E-state index contributed by atoms with van der Waals surface area (Å²) in [6, 6.07) is 7.56. The summed E-state index contributed by atoms with van der Waals surface area (Å²) in [7, 11) is 0. The van der Waals surface area contributed by atoms with Crippen molar-refractivity contribution < 1.29 is 0 Å². The number of rotatable bonds is 6. The van der Waals surface area contributed by atoms with Gasteiger partial charge in [-0.3, -0.25) is 9.78 Å². The van der Waals surface area contributed by atoms with Crippen molar-refractivity contribution >= 4 is 11.0 Å². The van der Waals surface area contributed by atoms with Crippen LogP contribution < -0.4 is 17.0 Å². The van der Waals surface area contributed by atoms with Crippen LogP contribution in [0.25, 0.3) is 22.6 Å². The van der Waals surface area contributed by atoms with Gasteiger partial charge in [0.2, 0.25) is 0 Å². The second kappa shape index (κ2) is 6.70. The minimum absolute atomic E-state index is 0.199. The van der Waals surface area contributed by atoms with Gasteiger partial charge in [-0.05, 0) is 31.5 Å². The summed E-state index contributed by atoms with van der Waals surface area (Å²) in [6.45, 7) is 1.38. The third kappa shape index (κ3) is 3.14. The molecule has 1 aromatic rings. The zero-order valence-corrected chi connectivity index (χ0v) is 12.8. The Labute approximate surface area is 132 Å². The maximum atomic E-state index is 12.0. The van der Waals surface area contributed by atoms with Crippen molar-refractivity contribution in [2.75, 3.05) is 6.54 Å². The highest BCUT2D eigenvalue weighted by Gasteiger charge is 2.17. The number of nitrogens with two attached hydrogens (primary N) is 1. The molecule has 7 nitrogen and oxygen atoms in total. The third-order valence-electron chi connectivity index (χ3n) is 3.85. The molecule has 0 fully saturated rings. The number of nitrogens with zero attached hydrogens (tertiary/aromatic N) is 3. The van der Waals surface area contributed by atoms with E-state index in [1.165, 1.54) is 0 Å². The monoisotopic (exact) mass is 313 g/mol. The van der Waals surface area contributed by atoms with E-state index in [0.29, 0.717) is 24.4 Å². The molecule has 0 atom stereocenters. The second-order valence-electron chi connectivity index (χ2n) is 5.50. The van der Waals surface area contributed by atoms with Gasteiger partial charge in [0.1, 0.15) is 0 Å². The van der Waals surface area contributed by atoms with E-state index in [0.717, 1.165) is 31.2 Å². The molecule has 2 aliphatic rings. The van der Waals surface area contributed by atoms with Crippen LogP contribution in [0.1, 0.15) is 25.7 Å². The molecular formula is C16H19N5O2. The number of aromatic nitrogens is 4. The fourth-order valence-corrected chi connectivity index (χ4v) is 2.74. The molecular weight excluding hydrogens is 294 g/mol. The number of H-pyrrole nitrogens is 1. The lowest BCUT2D eigenvalue weighted by molar-refractivity contribution is 0.580. The van der Waals surface area contributed by atoms with Crippen LogP contribution in [0.4, 0.5) is 0 Å². The molecule has 1 aromatic carbocycles. The highest BCUT2D eigenvalue weighted by molar-refractivity contribution is 5.79. The normalized spacial score (nSPS) is 11.3. The second-order valence-corrected chi connectivity index (χ2v) is 5.50. The number of fused-ring (bicyclic) bond motifs is 2. The number of para-hydroxylation sites is 2. The lowest BCUT2D eigenvalue weighted by atomic mass is 10.2. The van der Waals surface area contributed by atoms with Crippen LogP contribution in [-0.4, -0.2) is 26.1 Å². The molecule has 0 spiro atoms. The van der Waals surface area contributed by atoms with Crippen molar-refractivity contribution in [1.82, 2.24) is 19.5 Å². The molecule has 0 saturated heterocycles. The lowest BCUT2D eigenvalue weighted by Gasteiger charge is -2.16. The van der Waals surface area contributed by atoms with Crippen molar-refractivity contribution in [3.63, 3.8) is 0 Å². The third-order valence-corrected chi connectivity index (χ3v) is 3.85. The highest BCUT2D eigenvalue weighted by atomic mass is 16.2. The summed E-state index contributed by atoms with van der Waals surface area (Å²) in [5, 5.41) is 0. The van der Waals surface area contributed by atoms with Gasteiger partial charge in [-0.1, -0.05) is 25.0 Å². The van der Waals surface area contributed by atoms with E-state index in [1.54, 1.807) is 0 Å². The first-order valence-electron chi connectivity index (χ1n) is 7.80.